The number of anilines is 3. The molecular weight excluding hydrogens is 719 g/mol. The lowest BCUT2D eigenvalue weighted by molar-refractivity contribution is 0.669. The van der Waals surface area contributed by atoms with E-state index in [1.54, 1.807) is 0 Å². The van der Waals surface area contributed by atoms with Gasteiger partial charge in [-0.2, -0.15) is 0 Å². The van der Waals surface area contributed by atoms with E-state index in [9.17, 15) is 0 Å². The number of benzene rings is 10. The minimum atomic E-state index is 0.847. The molecule has 0 amide bonds. The van der Waals surface area contributed by atoms with Gasteiger partial charge in [-0.3, -0.25) is 0 Å². The molecule has 0 aliphatic carbocycles. The molecule has 2 aromatic heterocycles. The fraction of sp³-hybridized carbons (Fsp3) is 0. The summed E-state index contributed by atoms with van der Waals surface area (Å²) in [6.07, 6.45) is 0. The third kappa shape index (κ3) is 5.36. The molecule has 0 N–H and O–H groups in total. The van der Waals surface area contributed by atoms with E-state index in [1.807, 2.05) is 12.1 Å². The molecule has 59 heavy (non-hydrogen) atoms. The lowest BCUT2D eigenvalue weighted by Gasteiger charge is -2.28. The van der Waals surface area contributed by atoms with Gasteiger partial charge >= 0.3 is 0 Å². The molecule has 0 atom stereocenters. The summed E-state index contributed by atoms with van der Waals surface area (Å²) in [7, 11) is 0. The molecule has 12 aromatic rings. The molecular formula is C56H35NO2. The number of para-hydroxylation sites is 3. The van der Waals surface area contributed by atoms with Crippen molar-refractivity contribution in [3.63, 3.8) is 0 Å². The van der Waals surface area contributed by atoms with Crippen molar-refractivity contribution in [2.45, 2.75) is 0 Å². The molecule has 0 fully saturated rings. The largest absolute Gasteiger partial charge is 0.456 e. The van der Waals surface area contributed by atoms with Crippen molar-refractivity contribution in [2.75, 3.05) is 4.90 Å². The second-order valence-corrected chi connectivity index (χ2v) is 15.2. The van der Waals surface area contributed by atoms with Crippen LogP contribution in [-0.2, 0) is 0 Å². The van der Waals surface area contributed by atoms with E-state index in [4.69, 9.17) is 8.83 Å². The molecule has 0 unspecified atom stereocenters. The first kappa shape index (κ1) is 33.3. The Kier molecular flexibility index (Phi) is 7.54. The van der Waals surface area contributed by atoms with Gasteiger partial charge in [0.05, 0.1) is 16.8 Å². The van der Waals surface area contributed by atoms with Crippen LogP contribution in [0.25, 0.3) is 98.8 Å². The van der Waals surface area contributed by atoms with E-state index in [2.05, 4.69) is 205 Å². The van der Waals surface area contributed by atoms with Gasteiger partial charge in [-0.15, -0.1) is 0 Å². The van der Waals surface area contributed by atoms with Crippen LogP contribution in [-0.4, -0.2) is 0 Å². The topological polar surface area (TPSA) is 29.5 Å². The number of rotatable bonds is 6. The Morgan fingerprint density at radius 2 is 0.898 bits per heavy atom. The Balaban J connectivity index is 1.05. The van der Waals surface area contributed by atoms with Gasteiger partial charge in [-0.1, -0.05) is 164 Å². The van der Waals surface area contributed by atoms with E-state index in [1.165, 1.54) is 27.5 Å². The van der Waals surface area contributed by atoms with Crippen LogP contribution in [0.3, 0.4) is 0 Å². The highest BCUT2D eigenvalue weighted by atomic mass is 16.3. The summed E-state index contributed by atoms with van der Waals surface area (Å²) < 4.78 is 13.4. The first-order chi connectivity index (χ1) is 29.3. The summed E-state index contributed by atoms with van der Waals surface area (Å²) in [5.74, 6) is 0. The summed E-state index contributed by atoms with van der Waals surface area (Å²) in [4.78, 5) is 2.38. The first-order valence-electron chi connectivity index (χ1n) is 20.1. The zero-order valence-corrected chi connectivity index (χ0v) is 32.0. The van der Waals surface area contributed by atoms with Crippen LogP contribution in [0.15, 0.2) is 221 Å². The normalized spacial score (nSPS) is 11.7. The second kappa shape index (κ2) is 13.4. The molecule has 0 saturated heterocycles. The third-order valence-electron chi connectivity index (χ3n) is 11.9. The van der Waals surface area contributed by atoms with E-state index < -0.39 is 0 Å². The molecule has 276 valence electrons. The van der Waals surface area contributed by atoms with Crippen LogP contribution in [0.4, 0.5) is 17.1 Å². The van der Waals surface area contributed by atoms with Crippen molar-refractivity contribution in [3.8, 4) is 33.4 Å². The number of nitrogens with zero attached hydrogens (tertiary/aromatic N) is 1. The first-order valence-corrected chi connectivity index (χ1v) is 20.1. The van der Waals surface area contributed by atoms with Crippen molar-refractivity contribution in [1.82, 2.24) is 0 Å². The summed E-state index contributed by atoms with van der Waals surface area (Å²) in [6, 6.07) is 75.7. The molecule has 0 saturated carbocycles. The standard InChI is InChI=1S/C56H35NO2/c1-3-18-42-37(13-1)15-10-22-43(42)40-17-9-16-39(35-40)36-29-32-41(33-30-36)57(51-26-12-28-53-54(51)49-21-6-8-27-52(49)58-53)50-25-7-5-20-45(50)46-23-11-24-47-48-34-31-38-14-2-4-19-44(38)55(48)59-56(46)47/h1-35H. The summed E-state index contributed by atoms with van der Waals surface area (Å²) >= 11 is 0. The van der Waals surface area contributed by atoms with Gasteiger partial charge in [-0.25, -0.2) is 0 Å². The maximum absolute atomic E-state index is 6.91. The van der Waals surface area contributed by atoms with Crippen molar-refractivity contribution >= 4 is 82.5 Å². The van der Waals surface area contributed by atoms with Gasteiger partial charge in [0.2, 0.25) is 0 Å². The highest BCUT2D eigenvalue weighted by Gasteiger charge is 2.24. The highest BCUT2D eigenvalue weighted by molar-refractivity contribution is 6.18. The number of hydrogen-bond acceptors (Lipinski definition) is 3. The van der Waals surface area contributed by atoms with Crippen LogP contribution in [0.5, 0.6) is 0 Å². The Morgan fingerprint density at radius 3 is 1.80 bits per heavy atom. The Labute approximate surface area is 340 Å². The van der Waals surface area contributed by atoms with Gasteiger partial charge < -0.3 is 13.7 Å². The molecule has 3 nitrogen and oxygen atoms in total. The average Bonchev–Trinajstić information content (AvgIpc) is 3.89. The minimum Gasteiger partial charge on any atom is -0.456 e. The molecule has 0 aliphatic rings. The minimum absolute atomic E-state index is 0.847. The lowest BCUT2D eigenvalue weighted by Crippen LogP contribution is -2.11. The Hall–Kier alpha value is -7.88. The lowest BCUT2D eigenvalue weighted by atomic mass is 9.95. The SMILES string of the molecule is c1cc(-c2ccc(N(c3ccccc3-c3cccc4c3oc3c5ccccc5ccc43)c3cccc4oc5ccccc5c34)cc2)cc(-c2cccc3ccccc23)c1. The third-order valence-corrected chi connectivity index (χ3v) is 11.9. The summed E-state index contributed by atoms with van der Waals surface area (Å²) in [5, 5.41) is 9.13. The number of hydrogen-bond donors (Lipinski definition) is 0. The van der Waals surface area contributed by atoms with Crippen LogP contribution >= 0.6 is 0 Å². The molecule has 2 heterocycles. The summed E-state index contributed by atoms with van der Waals surface area (Å²) in [6.45, 7) is 0. The fourth-order valence-corrected chi connectivity index (χ4v) is 9.13. The predicted octanol–water partition coefficient (Wildman–Crippen LogP) is 16.3. The van der Waals surface area contributed by atoms with Crippen LogP contribution in [0.1, 0.15) is 0 Å². The number of furan rings is 2. The molecule has 0 spiro atoms. The Bertz CT molecular complexity index is 3570. The van der Waals surface area contributed by atoms with Crippen molar-refractivity contribution in [3.05, 3.63) is 212 Å². The molecule has 0 bridgehead atoms. The summed E-state index contributed by atoms with van der Waals surface area (Å²) in [5.41, 5.74) is 13.5. The van der Waals surface area contributed by atoms with Crippen LogP contribution < -0.4 is 4.90 Å². The quantitative estimate of drug-likeness (QED) is 0.169. The molecule has 12 rings (SSSR count). The molecule has 0 aliphatic heterocycles. The van der Waals surface area contributed by atoms with Crippen LogP contribution in [0, 0.1) is 0 Å². The van der Waals surface area contributed by atoms with Gasteiger partial charge in [0.1, 0.15) is 22.3 Å². The maximum atomic E-state index is 6.91. The second-order valence-electron chi connectivity index (χ2n) is 15.2. The van der Waals surface area contributed by atoms with E-state index in [0.717, 1.165) is 88.4 Å². The zero-order chi connectivity index (χ0) is 38.9. The van der Waals surface area contributed by atoms with E-state index in [0.29, 0.717) is 0 Å². The van der Waals surface area contributed by atoms with Gasteiger partial charge in [0.25, 0.3) is 0 Å². The van der Waals surface area contributed by atoms with Crippen molar-refractivity contribution < 1.29 is 8.83 Å². The molecule has 0 radical (unpaired) electrons. The van der Waals surface area contributed by atoms with E-state index >= 15 is 0 Å². The fourth-order valence-electron chi connectivity index (χ4n) is 9.13. The highest BCUT2D eigenvalue weighted by Crippen LogP contribution is 2.48. The monoisotopic (exact) mass is 753 g/mol. The zero-order valence-electron chi connectivity index (χ0n) is 32.0. The van der Waals surface area contributed by atoms with Crippen molar-refractivity contribution in [1.29, 1.82) is 0 Å². The Morgan fingerprint density at radius 1 is 0.305 bits per heavy atom. The van der Waals surface area contributed by atoms with E-state index in [-0.39, 0.29) is 0 Å². The number of fused-ring (bicyclic) bond motifs is 9. The average molecular weight is 754 g/mol. The van der Waals surface area contributed by atoms with Gasteiger partial charge in [0.15, 0.2) is 0 Å². The van der Waals surface area contributed by atoms with Gasteiger partial charge in [0, 0.05) is 38.4 Å². The van der Waals surface area contributed by atoms with Gasteiger partial charge in [-0.05, 0) is 86.9 Å². The molecule has 3 heteroatoms. The van der Waals surface area contributed by atoms with Crippen LogP contribution in [0.2, 0.25) is 0 Å². The predicted molar refractivity (Wildman–Crippen MR) is 247 cm³/mol. The van der Waals surface area contributed by atoms with Crippen molar-refractivity contribution in [2.24, 2.45) is 0 Å². The maximum Gasteiger partial charge on any atom is 0.143 e. The molecule has 10 aromatic carbocycles. The smallest absolute Gasteiger partial charge is 0.143 e.